The maximum Gasteiger partial charge on any atom is 0.324 e. The minimum Gasteiger partial charge on any atom is -0.482 e. The number of hydrogen-bond donors (Lipinski definition) is 2. The van der Waals surface area contributed by atoms with Crippen molar-refractivity contribution < 1.29 is 27.1 Å². The van der Waals surface area contributed by atoms with Crippen molar-refractivity contribution in [2.75, 3.05) is 18.9 Å². The largest absolute Gasteiger partial charge is 0.482 e. The first kappa shape index (κ1) is 15.1. The third-order valence-electron chi connectivity index (χ3n) is 2.12. The van der Waals surface area contributed by atoms with Crippen molar-refractivity contribution in [2.24, 2.45) is 0 Å². The molecule has 3 N–H and O–H groups in total. The molecule has 0 atom stereocenters. The summed E-state index contributed by atoms with van der Waals surface area (Å²) < 4.78 is 53.6. The summed E-state index contributed by atoms with van der Waals surface area (Å²) in [5.41, 5.74) is 5.79. The monoisotopic (exact) mass is 280 g/mol. The number of amides is 1. The lowest BCUT2D eigenvalue weighted by atomic mass is 10.3. The van der Waals surface area contributed by atoms with Crippen LogP contribution in [0.2, 0.25) is 0 Å². The predicted molar refractivity (Wildman–Crippen MR) is 60.3 cm³/mol. The summed E-state index contributed by atoms with van der Waals surface area (Å²) >= 11 is 0. The predicted octanol–water partition coefficient (Wildman–Crippen LogP) is 1.66. The van der Waals surface area contributed by atoms with E-state index in [9.17, 15) is 22.4 Å². The fraction of sp³-hybridized carbons (Fsp3) is 0.364. The number of hydrogen-bond acceptors (Lipinski definition) is 3. The molecule has 4 nitrogen and oxygen atoms in total. The number of ether oxygens (including phenoxy) is 1. The summed E-state index contributed by atoms with van der Waals surface area (Å²) in [6.45, 7) is -2.04. The van der Waals surface area contributed by atoms with E-state index in [2.05, 4.69) is 0 Å². The number of nitrogens with two attached hydrogens (primary N) is 1. The van der Waals surface area contributed by atoms with E-state index in [1.54, 1.807) is 17.4 Å². The van der Waals surface area contributed by atoms with Crippen molar-refractivity contribution in [3.63, 3.8) is 0 Å². The molecule has 0 heterocycles. The molecule has 0 saturated heterocycles. The second-order valence-corrected chi connectivity index (χ2v) is 3.66. The molecule has 0 fully saturated rings. The highest BCUT2D eigenvalue weighted by atomic mass is 19.3. The zero-order valence-electron chi connectivity index (χ0n) is 9.71. The van der Waals surface area contributed by atoms with E-state index in [-0.39, 0.29) is 11.4 Å². The second kappa shape index (κ2) is 6.26. The van der Waals surface area contributed by atoms with Crippen LogP contribution >= 0.6 is 0 Å². The number of benzene rings is 1. The van der Waals surface area contributed by atoms with Crippen LogP contribution in [0.5, 0.6) is 5.75 Å². The summed E-state index contributed by atoms with van der Waals surface area (Å²) in [7, 11) is 0. The molecule has 1 aromatic carbocycles. The standard InChI is InChI=1S/C11H12F4N2O2/c12-10(13)11(14,15)6-17-9(18)5-19-8-4-2-1-3-7(8)16/h1-4,10H,5-6,16H2,(H,17,18). The molecule has 0 radical (unpaired) electrons. The van der Waals surface area contributed by atoms with Crippen molar-refractivity contribution in [1.82, 2.24) is 5.32 Å². The average Bonchev–Trinajstić information content (AvgIpc) is 2.35. The first-order valence-electron chi connectivity index (χ1n) is 5.23. The Morgan fingerprint density at radius 2 is 2.00 bits per heavy atom. The van der Waals surface area contributed by atoms with Crippen LogP contribution in [0.3, 0.4) is 0 Å². The van der Waals surface area contributed by atoms with E-state index in [1.165, 1.54) is 12.1 Å². The molecule has 0 bridgehead atoms. The van der Waals surface area contributed by atoms with Gasteiger partial charge in [-0.25, -0.2) is 8.78 Å². The highest BCUT2D eigenvalue weighted by Gasteiger charge is 2.40. The third-order valence-corrected chi connectivity index (χ3v) is 2.12. The Kier molecular flexibility index (Phi) is 4.96. The second-order valence-electron chi connectivity index (χ2n) is 3.66. The molecule has 1 rings (SSSR count). The van der Waals surface area contributed by atoms with Gasteiger partial charge >= 0.3 is 12.3 Å². The minimum absolute atomic E-state index is 0.207. The first-order chi connectivity index (χ1) is 8.83. The lowest BCUT2D eigenvalue weighted by Crippen LogP contribution is -2.42. The summed E-state index contributed by atoms with van der Waals surface area (Å²) in [5, 5.41) is 1.66. The highest BCUT2D eigenvalue weighted by molar-refractivity contribution is 5.77. The Morgan fingerprint density at radius 3 is 2.58 bits per heavy atom. The number of para-hydroxylation sites is 2. The number of rotatable bonds is 6. The van der Waals surface area contributed by atoms with Gasteiger partial charge in [-0.1, -0.05) is 12.1 Å². The van der Waals surface area contributed by atoms with Crippen LogP contribution in [-0.2, 0) is 4.79 Å². The molecular weight excluding hydrogens is 268 g/mol. The molecule has 19 heavy (non-hydrogen) atoms. The molecule has 1 aromatic rings. The van der Waals surface area contributed by atoms with Crippen LogP contribution < -0.4 is 15.8 Å². The van der Waals surface area contributed by atoms with Gasteiger partial charge in [0.05, 0.1) is 12.2 Å². The first-order valence-corrected chi connectivity index (χ1v) is 5.23. The van der Waals surface area contributed by atoms with Crippen LogP contribution in [-0.4, -0.2) is 31.4 Å². The molecule has 0 aliphatic carbocycles. The molecule has 0 spiro atoms. The van der Waals surface area contributed by atoms with Crippen molar-refractivity contribution in [1.29, 1.82) is 0 Å². The smallest absolute Gasteiger partial charge is 0.324 e. The number of anilines is 1. The molecule has 0 unspecified atom stereocenters. The number of halogens is 4. The van der Waals surface area contributed by atoms with Gasteiger partial charge in [0.1, 0.15) is 5.75 Å². The quantitative estimate of drug-likeness (QED) is 0.615. The van der Waals surface area contributed by atoms with Crippen LogP contribution in [0.25, 0.3) is 0 Å². The van der Waals surface area contributed by atoms with Crippen LogP contribution in [0.15, 0.2) is 24.3 Å². The van der Waals surface area contributed by atoms with Gasteiger partial charge in [0.25, 0.3) is 5.91 Å². The normalized spacial score (nSPS) is 11.4. The SMILES string of the molecule is Nc1ccccc1OCC(=O)NCC(F)(F)C(F)F. The van der Waals surface area contributed by atoms with Crippen LogP contribution in [0, 0.1) is 0 Å². The summed E-state index contributed by atoms with van der Waals surface area (Å²) in [5.74, 6) is -5.00. The molecular formula is C11H12F4N2O2. The Morgan fingerprint density at radius 1 is 1.37 bits per heavy atom. The number of carbonyl (C=O) groups is 1. The Labute approximate surface area is 106 Å². The fourth-order valence-corrected chi connectivity index (χ4v) is 1.10. The maximum atomic E-state index is 12.5. The van der Waals surface area contributed by atoms with E-state index >= 15 is 0 Å². The van der Waals surface area contributed by atoms with E-state index in [4.69, 9.17) is 10.5 Å². The lowest BCUT2D eigenvalue weighted by Gasteiger charge is -2.16. The van der Waals surface area contributed by atoms with Gasteiger partial charge in [0.2, 0.25) is 0 Å². The fourth-order valence-electron chi connectivity index (χ4n) is 1.10. The molecule has 8 heteroatoms. The average molecular weight is 280 g/mol. The topological polar surface area (TPSA) is 64.3 Å². The number of nitrogens with one attached hydrogen (secondary N) is 1. The van der Waals surface area contributed by atoms with Gasteiger partial charge in [-0.3, -0.25) is 4.79 Å². The van der Waals surface area contributed by atoms with E-state index in [0.29, 0.717) is 0 Å². The highest BCUT2D eigenvalue weighted by Crippen LogP contribution is 2.21. The zero-order chi connectivity index (χ0) is 14.5. The van der Waals surface area contributed by atoms with Crippen molar-refractivity contribution in [3.05, 3.63) is 24.3 Å². The molecule has 106 valence electrons. The maximum absolute atomic E-state index is 12.5. The van der Waals surface area contributed by atoms with Crippen LogP contribution in [0.1, 0.15) is 0 Å². The van der Waals surface area contributed by atoms with E-state index < -0.39 is 31.4 Å². The van der Waals surface area contributed by atoms with E-state index in [0.717, 1.165) is 0 Å². The molecule has 0 saturated carbocycles. The van der Waals surface area contributed by atoms with Gasteiger partial charge in [0, 0.05) is 0 Å². The number of nitrogen functional groups attached to an aromatic ring is 1. The van der Waals surface area contributed by atoms with Gasteiger partial charge < -0.3 is 15.8 Å². The van der Waals surface area contributed by atoms with Crippen molar-refractivity contribution in [3.8, 4) is 5.75 Å². The zero-order valence-corrected chi connectivity index (χ0v) is 9.71. The van der Waals surface area contributed by atoms with Crippen molar-refractivity contribution >= 4 is 11.6 Å². The Balaban J connectivity index is 2.39. The van der Waals surface area contributed by atoms with Gasteiger partial charge in [-0.2, -0.15) is 8.78 Å². The Bertz CT molecular complexity index is 440. The summed E-state index contributed by atoms with van der Waals surface area (Å²) in [6, 6.07) is 6.26. The molecule has 1 amide bonds. The number of carbonyl (C=O) groups excluding carboxylic acids is 1. The van der Waals surface area contributed by atoms with Gasteiger partial charge in [-0.05, 0) is 12.1 Å². The number of alkyl halides is 4. The third kappa shape index (κ3) is 4.65. The Hall–Kier alpha value is -1.99. The van der Waals surface area contributed by atoms with E-state index in [1.807, 2.05) is 0 Å². The minimum atomic E-state index is -4.26. The van der Waals surface area contributed by atoms with Gasteiger partial charge in [0.15, 0.2) is 6.61 Å². The summed E-state index contributed by atoms with van der Waals surface area (Å²) in [4.78, 5) is 11.1. The molecule has 0 aromatic heterocycles. The van der Waals surface area contributed by atoms with Gasteiger partial charge in [-0.15, -0.1) is 0 Å². The molecule has 0 aliphatic heterocycles. The van der Waals surface area contributed by atoms with Crippen LogP contribution in [0.4, 0.5) is 23.2 Å². The summed E-state index contributed by atoms with van der Waals surface area (Å²) in [6.07, 6.45) is -3.83. The molecule has 0 aliphatic rings. The van der Waals surface area contributed by atoms with Crippen molar-refractivity contribution in [2.45, 2.75) is 12.3 Å². The lowest BCUT2D eigenvalue weighted by molar-refractivity contribution is -0.137.